The van der Waals surface area contributed by atoms with Gasteiger partial charge in [-0.05, 0) is 50.6 Å². The number of piperidine rings is 1. The topological polar surface area (TPSA) is 12.5 Å². The summed E-state index contributed by atoms with van der Waals surface area (Å²) in [5.41, 5.74) is 0. The Morgan fingerprint density at radius 2 is 2.00 bits per heavy atom. The van der Waals surface area contributed by atoms with Crippen LogP contribution in [0.25, 0.3) is 0 Å². The van der Waals surface area contributed by atoms with Crippen molar-refractivity contribution in [3.8, 4) is 5.75 Å². The lowest BCUT2D eigenvalue weighted by molar-refractivity contribution is 0.205. The summed E-state index contributed by atoms with van der Waals surface area (Å²) in [5, 5.41) is 0.735. The van der Waals surface area contributed by atoms with Crippen molar-refractivity contribution in [1.82, 2.24) is 4.90 Å². The lowest BCUT2D eigenvalue weighted by Crippen LogP contribution is -2.31. The van der Waals surface area contributed by atoms with Gasteiger partial charge in [0.2, 0.25) is 0 Å². The third-order valence-electron chi connectivity index (χ3n) is 3.13. The Bertz CT molecular complexity index is 337. The molecule has 0 radical (unpaired) electrons. The minimum Gasteiger partial charge on any atom is -0.493 e. The first-order valence-corrected chi connectivity index (χ1v) is 6.83. The van der Waals surface area contributed by atoms with Crippen LogP contribution in [0.4, 0.5) is 0 Å². The van der Waals surface area contributed by atoms with Gasteiger partial charge in [-0.1, -0.05) is 24.1 Å². The highest BCUT2D eigenvalue weighted by Gasteiger charge is 2.08. The second kappa shape index (κ2) is 6.87. The summed E-state index contributed by atoms with van der Waals surface area (Å²) in [6.07, 6.45) is 5.20. The van der Waals surface area contributed by atoms with Crippen molar-refractivity contribution in [2.75, 3.05) is 26.2 Å². The number of hydrogen-bond acceptors (Lipinski definition) is 2. The van der Waals surface area contributed by atoms with Gasteiger partial charge in [-0.3, -0.25) is 0 Å². The van der Waals surface area contributed by atoms with Crippen LogP contribution < -0.4 is 4.74 Å². The van der Waals surface area contributed by atoms with Crippen LogP contribution in [0.3, 0.4) is 0 Å². The van der Waals surface area contributed by atoms with Gasteiger partial charge in [-0.15, -0.1) is 0 Å². The Labute approximate surface area is 109 Å². The Hall–Kier alpha value is -0.730. The normalized spacial score (nSPS) is 17.0. The molecule has 0 N–H and O–H groups in total. The van der Waals surface area contributed by atoms with E-state index in [1.165, 1.54) is 32.4 Å². The van der Waals surface area contributed by atoms with Crippen LogP contribution in [0.1, 0.15) is 25.7 Å². The van der Waals surface area contributed by atoms with Crippen LogP contribution in [0.5, 0.6) is 5.75 Å². The van der Waals surface area contributed by atoms with Crippen molar-refractivity contribution in [2.24, 2.45) is 0 Å². The van der Waals surface area contributed by atoms with E-state index in [4.69, 9.17) is 16.3 Å². The lowest BCUT2D eigenvalue weighted by atomic mass is 10.1. The molecule has 1 heterocycles. The molecule has 0 unspecified atom stereocenters. The first kappa shape index (κ1) is 12.7. The summed E-state index contributed by atoms with van der Waals surface area (Å²) in [5.74, 6) is 0.871. The number of halogens is 1. The van der Waals surface area contributed by atoms with Crippen molar-refractivity contribution >= 4 is 11.6 Å². The number of hydrogen-bond donors (Lipinski definition) is 0. The van der Waals surface area contributed by atoms with Gasteiger partial charge in [-0.2, -0.15) is 0 Å². The molecule has 3 heteroatoms. The first-order valence-electron chi connectivity index (χ1n) is 6.45. The second-order valence-corrected chi connectivity index (χ2v) is 5.00. The monoisotopic (exact) mass is 253 g/mol. The van der Waals surface area contributed by atoms with Crippen molar-refractivity contribution in [2.45, 2.75) is 25.7 Å². The maximum absolute atomic E-state index is 5.89. The molecule has 1 saturated heterocycles. The second-order valence-electron chi connectivity index (χ2n) is 4.56. The maximum atomic E-state index is 5.89. The molecular formula is C14H20ClNO. The highest BCUT2D eigenvalue weighted by Crippen LogP contribution is 2.17. The zero-order valence-electron chi connectivity index (χ0n) is 10.2. The zero-order chi connectivity index (χ0) is 11.9. The minimum absolute atomic E-state index is 0.735. The molecule has 1 aliphatic rings. The summed E-state index contributed by atoms with van der Waals surface area (Å²) in [4.78, 5) is 2.53. The standard InChI is InChI=1S/C14H20ClNO/c15-13-6-4-7-14(12-13)17-11-5-10-16-8-2-1-3-9-16/h4,6-7,12H,1-3,5,8-11H2. The molecule has 0 atom stereocenters. The van der Waals surface area contributed by atoms with E-state index in [-0.39, 0.29) is 0 Å². The van der Waals surface area contributed by atoms with Crippen LogP contribution in [-0.2, 0) is 0 Å². The Kier molecular flexibility index (Phi) is 5.14. The van der Waals surface area contributed by atoms with Gasteiger partial charge < -0.3 is 9.64 Å². The molecule has 1 aliphatic heterocycles. The molecular weight excluding hydrogens is 234 g/mol. The fourth-order valence-corrected chi connectivity index (χ4v) is 2.40. The molecule has 0 amide bonds. The van der Waals surface area contributed by atoms with Crippen molar-refractivity contribution in [1.29, 1.82) is 0 Å². The minimum atomic E-state index is 0.735. The predicted molar refractivity (Wildman–Crippen MR) is 71.9 cm³/mol. The molecule has 2 rings (SSSR count). The molecule has 1 fully saturated rings. The van der Waals surface area contributed by atoms with Crippen molar-refractivity contribution in [3.63, 3.8) is 0 Å². The number of nitrogens with zero attached hydrogens (tertiary/aromatic N) is 1. The summed E-state index contributed by atoms with van der Waals surface area (Å²) in [6.45, 7) is 4.45. The molecule has 94 valence electrons. The average Bonchev–Trinajstić information content (AvgIpc) is 2.36. The van der Waals surface area contributed by atoms with Crippen LogP contribution in [0.2, 0.25) is 5.02 Å². The summed E-state index contributed by atoms with van der Waals surface area (Å²) in [6, 6.07) is 7.60. The van der Waals surface area contributed by atoms with Gasteiger partial charge in [0.05, 0.1) is 6.61 Å². The summed E-state index contributed by atoms with van der Waals surface area (Å²) < 4.78 is 5.67. The molecule has 0 spiro atoms. The van der Waals surface area contributed by atoms with Crippen LogP contribution in [0.15, 0.2) is 24.3 Å². The molecule has 0 saturated carbocycles. The molecule has 0 aliphatic carbocycles. The van der Waals surface area contributed by atoms with E-state index in [9.17, 15) is 0 Å². The smallest absolute Gasteiger partial charge is 0.120 e. The van der Waals surface area contributed by atoms with Crippen LogP contribution >= 0.6 is 11.6 Å². The van der Waals surface area contributed by atoms with Gasteiger partial charge in [0.15, 0.2) is 0 Å². The van der Waals surface area contributed by atoms with E-state index in [1.807, 2.05) is 24.3 Å². The first-order chi connectivity index (χ1) is 8.34. The highest BCUT2D eigenvalue weighted by atomic mass is 35.5. The van der Waals surface area contributed by atoms with Crippen LogP contribution in [0, 0.1) is 0 Å². The third kappa shape index (κ3) is 4.57. The fourth-order valence-electron chi connectivity index (χ4n) is 2.22. The van der Waals surface area contributed by atoms with E-state index in [0.29, 0.717) is 0 Å². The molecule has 0 aromatic heterocycles. The molecule has 1 aromatic carbocycles. The van der Waals surface area contributed by atoms with Gasteiger partial charge in [-0.25, -0.2) is 0 Å². The predicted octanol–water partition coefficient (Wildman–Crippen LogP) is 3.59. The van der Waals surface area contributed by atoms with E-state index < -0.39 is 0 Å². The van der Waals surface area contributed by atoms with Gasteiger partial charge in [0, 0.05) is 11.6 Å². The highest BCUT2D eigenvalue weighted by molar-refractivity contribution is 6.30. The fraction of sp³-hybridized carbons (Fsp3) is 0.571. The molecule has 17 heavy (non-hydrogen) atoms. The van der Waals surface area contributed by atoms with Crippen LogP contribution in [-0.4, -0.2) is 31.1 Å². The maximum Gasteiger partial charge on any atom is 0.120 e. The summed E-state index contributed by atoms with van der Waals surface area (Å²) >= 11 is 5.89. The number of rotatable bonds is 5. The number of benzene rings is 1. The third-order valence-corrected chi connectivity index (χ3v) is 3.37. The SMILES string of the molecule is Clc1cccc(OCCCN2CCCCC2)c1. The Morgan fingerprint density at radius 1 is 1.18 bits per heavy atom. The Balaban J connectivity index is 1.62. The zero-order valence-corrected chi connectivity index (χ0v) is 11.0. The van der Waals surface area contributed by atoms with Gasteiger partial charge in [0.1, 0.15) is 5.75 Å². The van der Waals surface area contributed by atoms with Gasteiger partial charge >= 0.3 is 0 Å². The molecule has 2 nitrogen and oxygen atoms in total. The Morgan fingerprint density at radius 3 is 2.76 bits per heavy atom. The van der Waals surface area contributed by atoms with E-state index in [1.54, 1.807) is 0 Å². The van der Waals surface area contributed by atoms with Crippen molar-refractivity contribution in [3.05, 3.63) is 29.3 Å². The van der Waals surface area contributed by atoms with E-state index >= 15 is 0 Å². The quantitative estimate of drug-likeness (QED) is 0.744. The number of ether oxygens (including phenoxy) is 1. The van der Waals surface area contributed by atoms with E-state index in [0.717, 1.165) is 30.3 Å². The van der Waals surface area contributed by atoms with E-state index in [2.05, 4.69) is 4.90 Å². The average molecular weight is 254 g/mol. The largest absolute Gasteiger partial charge is 0.493 e. The molecule has 0 bridgehead atoms. The lowest BCUT2D eigenvalue weighted by Gasteiger charge is -2.26. The molecule has 1 aromatic rings. The van der Waals surface area contributed by atoms with Gasteiger partial charge in [0.25, 0.3) is 0 Å². The van der Waals surface area contributed by atoms with Crippen molar-refractivity contribution < 1.29 is 4.74 Å². The summed E-state index contributed by atoms with van der Waals surface area (Å²) in [7, 11) is 0. The number of likely N-dealkylation sites (tertiary alicyclic amines) is 1.